The van der Waals surface area contributed by atoms with Crippen LogP contribution < -0.4 is 10.5 Å². The summed E-state index contributed by atoms with van der Waals surface area (Å²) >= 11 is 0. The standard InChI is InChI=1S/C12H15F3N2O2.ClH/c1-8(7-16)17(2)11(18)9-3-5-10(6-4-9)19-12(13,14)15;/h3-6,8H,7,16H2,1-2H3;1H. The van der Waals surface area contributed by atoms with Crippen LogP contribution in [0.15, 0.2) is 24.3 Å². The van der Waals surface area contributed by atoms with Crippen LogP contribution in [-0.4, -0.2) is 36.8 Å². The molecule has 0 bridgehead atoms. The molecule has 0 heterocycles. The van der Waals surface area contributed by atoms with Crippen molar-refractivity contribution < 1.29 is 22.7 Å². The van der Waals surface area contributed by atoms with Gasteiger partial charge in [0, 0.05) is 25.2 Å². The van der Waals surface area contributed by atoms with Crippen molar-refractivity contribution in [1.29, 1.82) is 0 Å². The van der Waals surface area contributed by atoms with Crippen molar-refractivity contribution in [2.45, 2.75) is 19.3 Å². The predicted octanol–water partition coefficient (Wildman–Crippen LogP) is 2.43. The Balaban J connectivity index is 0.00000361. The Labute approximate surface area is 121 Å². The summed E-state index contributed by atoms with van der Waals surface area (Å²) in [6.07, 6.45) is -4.74. The van der Waals surface area contributed by atoms with E-state index >= 15 is 0 Å². The second-order valence-corrected chi connectivity index (χ2v) is 4.07. The summed E-state index contributed by atoms with van der Waals surface area (Å²) in [5.74, 6) is -0.671. The minimum atomic E-state index is -4.74. The van der Waals surface area contributed by atoms with Gasteiger partial charge in [-0.25, -0.2) is 0 Å². The van der Waals surface area contributed by atoms with Crippen molar-refractivity contribution in [3.8, 4) is 5.75 Å². The van der Waals surface area contributed by atoms with Crippen LogP contribution in [0, 0.1) is 0 Å². The fourth-order valence-corrected chi connectivity index (χ4v) is 1.36. The van der Waals surface area contributed by atoms with E-state index < -0.39 is 6.36 Å². The molecule has 1 atom stereocenters. The van der Waals surface area contributed by atoms with Crippen molar-refractivity contribution in [3.05, 3.63) is 29.8 Å². The average Bonchev–Trinajstić information content (AvgIpc) is 2.35. The van der Waals surface area contributed by atoms with E-state index in [1.54, 1.807) is 14.0 Å². The number of nitrogens with zero attached hydrogens (tertiary/aromatic N) is 1. The van der Waals surface area contributed by atoms with E-state index in [2.05, 4.69) is 4.74 Å². The molecule has 4 nitrogen and oxygen atoms in total. The number of hydrogen-bond donors (Lipinski definition) is 1. The first kappa shape index (κ1) is 18.5. The third-order valence-corrected chi connectivity index (χ3v) is 2.66. The lowest BCUT2D eigenvalue weighted by Gasteiger charge is -2.23. The molecule has 0 spiro atoms. The third-order valence-electron chi connectivity index (χ3n) is 2.66. The highest BCUT2D eigenvalue weighted by Gasteiger charge is 2.31. The number of hydrogen-bond acceptors (Lipinski definition) is 3. The zero-order valence-corrected chi connectivity index (χ0v) is 11.8. The van der Waals surface area contributed by atoms with Crippen LogP contribution in [0.2, 0.25) is 0 Å². The molecule has 1 aromatic carbocycles. The molecule has 20 heavy (non-hydrogen) atoms. The van der Waals surface area contributed by atoms with E-state index in [9.17, 15) is 18.0 Å². The van der Waals surface area contributed by atoms with E-state index in [-0.39, 0.29) is 35.7 Å². The molecule has 0 aliphatic rings. The van der Waals surface area contributed by atoms with Crippen molar-refractivity contribution in [2.75, 3.05) is 13.6 Å². The van der Waals surface area contributed by atoms with Crippen LogP contribution >= 0.6 is 12.4 Å². The van der Waals surface area contributed by atoms with Crippen LogP contribution in [-0.2, 0) is 0 Å². The monoisotopic (exact) mass is 312 g/mol. The maximum atomic E-state index is 12.0. The minimum absolute atomic E-state index is 0. The highest BCUT2D eigenvalue weighted by Crippen LogP contribution is 2.23. The molecule has 1 amide bonds. The Kier molecular flexibility index (Phi) is 6.81. The lowest BCUT2D eigenvalue weighted by atomic mass is 10.1. The van der Waals surface area contributed by atoms with Gasteiger partial charge in [0.15, 0.2) is 0 Å². The van der Waals surface area contributed by atoms with Crippen molar-refractivity contribution in [2.24, 2.45) is 5.73 Å². The average molecular weight is 313 g/mol. The number of benzene rings is 1. The van der Waals surface area contributed by atoms with Crippen molar-refractivity contribution in [3.63, 3.8) is 0 Å². The van der Waals surface area contributed by atoms with Crippen LogP contribution in [0.5, 0.6) is 5.75 Å². The first-order valence-corrected chi connectivity index (χ1v) is 5.57. The van der Waals surface area contributed by atoms with Crippen LogP contribution in [0.4, 0.5) is 13.2 Å². The highest BCUT2D eigenvalue weighted by atomic mass is 35.5. The lowest BCUT2D eigenvalue weighted by molar-refractivity contribution is -0.274. The number of rotatable bonds is 4. The molecule has 0 aliphatic heterocycles. The van der Waals surface area contributed by atoms with Gasteiger partial charge >= 0.3 is 6.36 Å². The number of alkyl halides is 3. The van der Waals surface area contributed by atoms with Gasteiger partial charge in [-0.2, -0.15) is 0 Å². The number of amides is 1. The number of halogens is 4. The van der Waals surface area contributed by atoms with E-state index in [4.69, 9.17) is 5.73 Å². The third kappa shape index (κ3) is 5.26. The molecule has 0 radical (unpaired) electrons. The Bertz CT molecular complexity index is 437. The number of carbonyl (C=O) groups is 1. The normalized spacial score (nSPS) is 12.3. The molecule has 0 aromatic heterocycles. The van der Waals surface area contributed by atoms with E-state index in [1.807, 2.05) is 0 Å². The summed E-state index contributed by atoms with van der Waals surface area (Å²) in [6.45, 7) is 2.08. The quantitative estimate of drug-likeness (QED) is 0.929. The van der Waals surface area contributed by atoms with E-state index in [0.717, 1.165) is 12.1 Å². The van der Waals surface area contributed by atoms with Crippen LogP contribution in [0.25, 0.3) is 0 Å². The van der Waals surface area contributed by atoms with Gasteiger partial charge in [-0.3, -0.25) is 4.79 Å². The molecule has 0 fully saturated rings. The Morgan fingerprint density at radius 1 is 1.35 bits per heavy atom. The molecular formula is C12H16ClF3N2O2. The number of ether oxygens (including phenoxy) is 1. The summed E-state index contributed by atoms with van der Waals surface area (Å²) in [7, 11) is 1.58. The zero-order chi connectivity index (χ0) is 14.6. The predicted molar refractivity (Wildman–Crippen MR) is 71.0 cm³/mol. The highest BCUT2D eigenvalue weighted by molar-refractivity contribution is 5.94. The minimum Gasteiger partial charge on any atom is -0.406 e. The molecule has 1 rings (SSSR count). The van der Waals surface area contributed by atoms with Crippen molar-refractivity contribution >= 4 is 18.3 Å². The summed E-state index contributed by atoms with van der Waals surface area (Å²) in [6, 6.07) is 4.61. The first-order valence-electron chi connectivity index (χ1n) is 5.57. The second kappa shape index (κ2) is 7.35. The summed E-state index contributed by atoms with van der Waals surface area (Å²) in [4.78, 5) is 13.4. The Morgan fingerprint density at radius 3 is 2.25 bits per heavy atom. The number of carbonyl (C=O) groups excluding carboxylic acids is 1. The molecule has 8 heteroatoms. The van der Waals surface area contributed by atoms with Gasteiger partial charge in [-0.1, -0.05) is 0 Å². The summed E-state index contributed by atoms with van der Waals surface area (Å²) in [5, 5.41) is 0. The molecule has 2 N–H and O–H groups in total. The molecule has 0 saturated heterocycles. The van der Waals surface area contributed by atoms with Crippen molar-refractivity contribution in [1.82, 2.24) is 4.90 Å². The van der Waals surface area contributed by atoms with E-state index in [1.165, 1.54) is 17.0 Å². The SMILES string of the molecule is CC(CN)N(C)C(=O)c1ccc(OC(F)(F)F)cc1.Cl. The van der Waals surface area contributed by atoms with Gasteiger partial charge in [-0.05, 0) is 31.2 Å². The van der Waals surface area contributed by atoms with Gasteiger partial charge in [0.25, 0.3) is 5.91 Å². The molecule has 1 aromatic rings. The van der Waals surface area contributed by atoms with Gasteiger partial charge in [0.1, 0.15) is 5.75 Å². The number of nitrogens with two attached hydrogens (primary N) is 1. The van der Waals surface area contributed by atoms with Gasteiger partial charge < -0.3 is 15.4 Å². The molecule has 0 saturated carbocycles. The van der Waals surface area contributed by atoms with Crippen LogP contribution in [0.1, 0.15) is 17.3 Å². The topological polar surface area (TPSA) is 55.6 Å². The fourth-order valence-electron chi connectivity index (χ4n) is 1.36. The Hall–Kier alpha value is -1.47. The molecular weight excluding hydrogens is 297 g/mol. The largest absolute Gasteiger partial charge is 0.573 e. The number of likely N-dealkylation sites (N-methyl/N-ethyl adjacent to an activating group) is 1. The maximum Gasteiger partial charge on any atom is 0.573 e. The Morgan fingerprint density at radius 2 is 1.85 bits per heavy atom. The van der Waals surface area contributed by atoms with E-state index in [0.29, 0.717) is 6.54 Å². The van der Waals surface area contributed by atoms with Crippen LogP contribution in [0.3, 0.4) is 0 Å². The zero-order valence-electron chi connectivity index (χ0n) is 11.0. The molecule has 1 unspecified atom stereocenters. The summed E-state index contributed by atoms with van der Waals surface area (Å²) < 4.78 is 39.6. The smallest absolute Gasteiger partial charge is 0.406 e. The summed E-state index contributed by atoms with van der Waals surface area (Å²) in [5.41, 5.74) is 5.72. The van der Waals surface area contributed by atoms with Gasteiger partial charge in [0.05, 0.1) is 0 Å². The maximum absolute atomic E-state index is 12.0. The van der Waals surface area contributed by atoms with Gasteiger partial charge in [-0.15, -0.1) is 25.6 Å². The molecule has 114 valence electrons. The van der Waals surface area contributed by atoms with Gasteiger partial charge in [0.2, 0.25) is 0 Å². The fraction of sp³-hybridized carbons (Fsp3) is 0.417. The lowest BCUT2D eigenvalue weighted by Crippen LogP contribution is -2.39. The first-order chi connectivity index (χ1) is 8.74. The second-order valence-electron chi connectivity index (χ2n) is 4.07. The molecule has 0 aliphatic carbocycles.